The van der Waals surface area contributed by atoms with E-state index in [0.29, 0.717) is 50.1 Å². The minimum absolute atomic E-state index is 0.0769. The Morgan fingerprint density at radius 2 is 0.977 bits per heavy atom. The summed E-state index contributed by atoms with van der Waals surface area (Å²) >= 11 is 0. The first kappa shape index (κ1) is 29.0. The van der Waals surface area contributed by atoms with Gasteiger partial charge in [-0.25, -0.2) is 4.57 Å². The van der Waals surface area contributed by atoms with Crippen LogP contribution in [0, 0.1) is 6.92 Å². The first-order valence-corrected chi connectivity index (χ1v) is 14.7. The van der Waals surface area contributed by atoms with Gasteiger partial charge in [0.2, 0.25) is 0 Å². The summed E-state index contributed by atoms with van der Waals surface area (Å²) < 4.78 is 1.97. The Morgan fingerprint density at radius 1 is 0.568 bits per heavy atom. The molecule has 44 heavy (non-hydrogen) atoms. The molecular formula is C38H36NO5+. The number of aryl methyl sites for hydroxylation is 2. The maximum Gasteiger partial charge on any atom is 0.169 e. The summed E-state index contributed by atoms with van der Waals surface area (Å²) in [6.07, 6.45) is 9.04. The van der Waals surface area contributed by atoms with Crippen molar-refractivity contribution in [1.29, 1.82) is 0 Å². The highest BCUT2D eigenvalue weighted by Crippen LogP contribution is 2.38. The fourth-order valence-electron chi connectivity index (χ4n) is 6.12. The molecule has 0 radical (unpaired) electrons. The lowest BCUT2D eigenvalue weighted by Gasteiger charge is -2.18. The van der Waals surface area contributed by atoms with Gasteiger partial charge in [0.15, 0.2) is 12.4 Å². The number of aromatic hydroxyl groups is 4. The van der Waals surface area contributed by atoms with Crippen molar-refractivity contribution in [2.45, 2.75) is 39.2 Å². The van der Waals surface area contributed by atoms with E-state index in [2.05, 4.69) is 0 Å². The molecule has 0 aliphatic heterocycles. The van der Waals surface area contributed by atoms with E-state index in [0.717, 1.165) is 16.7 Å². The number of hydrogen-bond acceptors (Lipinski definition) is 5. The summed E-state index contributed by atoms with van der Waals surface area (Å²) in [7, 11) is 1.97. The van der Waals surface area contributed by atoms with Crippen molar-refractivity contribution in [3.8, 4) is 23.0 Å². The molecule has 6 heteroatoms. The van der Waals surface area contributed by atoms with Crippen molar-refractivity contribution in [2.24, 2.45) is 7.05 Å². The third-order valence-corrected chi connectivity index (χ3v) is 8.41. The van der Waals surface area contributed by atoms with Crippen LogP contribution in [0.4, 0.5) is 0 Å². The van der Waals surface area contributed by atoms with Crippen LogP contribution in [0.25, 0.3) is 12.2 Å². The molecule has 0 saturated heterocycles. The predicted molar refractivity (Wildman–Crippen MR) is 171 cm³/mol. The van der Waals surface area contributed by atoms with Crippen molar-refractivity contribution >= 4 is 12.2 Å². The number of nitrogens with zero attached hydrogens (tertiary/aromatic N) is 1. The van der Waals surface area contributed by atoms with Crippen LogP contribution >= 0.6 is 0 Å². The number of pyridine rings is 1. The van der Waals surface area contributed by atoms with Crippen LogP contribution in [0.15, 0.2) is 79.1 Å². The minimum Gasteiger partial charge on any atom is -0.507 e. The molecule has 0 fully saturated rings. The van der Waals surface area contributed by atoms with Crippen LogP contribution in [-0.2, 0) is 39.3 Å². The Morgan fingerprint density at radius 3 is 1.48 bits per heavy atom. The largest absolute Gasteiger partial charge is 0.507 e. The number of rotatable bonds is 3. The van der Waals surface area contributed by atoms with Gasteiger partial charge in [-0.1, -0.05) is 48.0 Å². The van der Waals surface area contributed by atoms with E-state index in [4.69, 9.17) is 0 Å². The molecule has 0 atom stereocenters. The first-order chi connectivity index (χ1) is 21.2. The van der Waals surface area contributed by atoms with Gasteiger partial charge in [0.25, 0.3) is 0 Å². The molecule has 0 saturated carbocycles. The highest BCUT2D eigenvalue weighted by atomic mass is 16.3. The van der Waals surface area contributed by atoms with Crippen molar-refractivity contribution in [3.63, 3.8) is 0 Å². The Balaban J connectivity index is 1.54. The number of phenols is 4. The summed E-state index contributed by atoms with van der Waals surface area (Å²) in [6.45, 7) is 1.75. The topological polar surface area (TPSA) is 105 Å². The van der Waals surface area contributed by atoms with Crippen molar-refractivity contribution < 1.29 is 30.1 Å². The molecule has 1 aliphatic carbocycles. The van der Waals surface area contributed by atoms with Crippen molar-refractivity contribution in [2.75, 3.05) is 0 Å². The summed E-state index contributed by atoms with van der Waals surface area (Å²) in [6, 6.07) is 20.7. The molecule has 4 aromatic carbocycles. The third-order valence-electron chi connectivity index (χ3n) is 8.41. The summed E-state index contributed by atoms with van der Waals surface area (Å²) in [5.74, 6) is 0.421. The fourth-order valence-corrected chi connectivity index (χ4v) is 6.12. The van der Waals surface area contributed by atoms with E-state index in [-0.39, 0.29) is 55.3 Å². The lowest BCUT2D eigenvalue weighted by Crippen LogP contribution is -2.25. The molecule has 1 aromatic heterocycles. The van der Waals surface area contributed by atoms with Gasteiger partial charge in [-0.3, -0.25) is 0 Å². The maximum atomic E-state index is 11.6. The molecule has 222 valence electrons. The third kappa shape index (κ3) is 5.90. The number of para-hydroxylation sites is 1. The molecule has 0 amide bonds. The van der Waals surface area contributed by atoms with Crippen LogP contribution in [0.2, 0.25) is 0 Å². The van der Waals surface area contributed by atoms with Crippen molar-refractivity contribution in [1.82, 2.24) is 0 Å². The van der Waals surface area contributed by atoms with Crippen LogP contribution in [0.3, 0.4) is 0 Å². The second-order valence-corrected chi connectivity index (χ2v) is 11.8. The zero-order chi connectivity index (χ0) is 31.0. The normalized spacial score (nSPS) is 12.9. The van der Waals surface area contributed by atoms with Gasteiger partial charge >= 0.3 is 0 Å². The molecule has 0 spiro atoms. The van der Waals surface area contributed by atoms with E-state index in [1.54, 1.807) is 12.1 Å². The number of benzene rings is 4. The van der Waals surface area contributed by atoms with Gasteiger partial charge in [0, 0.05) is 37.8 Å². The lowest BCUT2D eigenvalue weighted by molar-refractivity contribution is -0.671. The fraction of sp³-hybridized carbons (Fsp3) is 0.184. The zero-order valence-electron chi connectivity index (χ0n) is 24.9. The number of aliphatic hydroxyl groups excluding tert-OH is 1. The van der Waals surface area contributed by atoms with E-state index >= 15 is 0 Å². The molecular weight excluding hydrogens is 550 g/mol. The number of fused-ring (bicyclic) bond motifs is 8. The molecule has 1 heterocycles. The average Bonchev–Trinajstić information content (AvgIpc) is 3.00. The Bertz CT molecular complexity index is 1910. The van der Waals surface area contributed by atoms with Crippen LogP contribution < -0.4 is 4.57 Å². The van der Waals surface area contributed by atoms with E-state index in [9.17, 15) is 25.5 Å². The van der Waals surface area contributed by atoms with Gasteiger partial charge in [-0.15, -0.1) is 0 Å². The first-order valence-electron chi connectivity index (χ1n) is 14.7. The quantitative estimate of drug-likeness (QED) is 0.164. The SMILES string of the molecule is Cc1cc2c(O)c(c1)Cc1cc(CO)cc(c1O)Cc1cccc(c1O)Cc1cc(/C=C/c3cc[n+](C)cc3)cc(c1O)C2. The van der Waals surface area contributed by atoms with Crippen LogP contribution in [0.5, 0.6) is 23.0 Å². The number of phenolic OH excluding ortho intramolecular Hbond substituents is 4. The number of aromatic nitrogens is 1. The van der Waals surface area contributed by atoms with Crippen LogP contribution in [0.1, 0.15) is 66.8 Å². The number of aliphatic hydroxyl groups is 1. The van der Waals surface area contributed by atoms with E-state index in [1.807, 2.05) is 97.7 Å². The molecule has 0 unspecified atom stereocenters. The second-order valence-electron chi connectivity index (χ2n) is 11.8. The highest BCUT2D eigenvalue weighted by Gasteiger charge is 2.20. The number of hydrogen-bond donors (Lipinski definition) is 5. The standard InChI is InChI=1S/C38H35NO5/c1-23-12-29-20-32-15-25(7-6-24-8-10-39(2)11-9-24)14-31(37(32)43)18-27-4-3-5-28(35(27)41)19-33-16-26(22-40)17-34(38(33)44)21-30(13-23)36(29)42/h3-17,40-42,44H,18-22H2,1-2H3/p+1. The van der Waals surface area contributed by atoms with Crippen molar-refractivity contribution in [3.05, 3.63) is 146 Å². The van der Waals surface area contributed by atoms with Gasteiger partial charge in [-0.05, 0) is 92.4 Å². The molecule has 8 bridgehead atoms. The van der Waals surface area contributed by atoms with Crippen LogP contribution in [-0.4, -0.2) is 25.5 Å². The Labute approximate surface area is 257 Å². The summed E-state index contributed by atoms with van der Waals surface area (Å²) in [5.41, 5.74) is 8.54. The van der Waals surface area contributed by atoms with Gasteiger partial charge in [-0.2, -0.15) is 0 Å². The summed E-state index contributed by atoms with van der Waals surface area (Å²) in [5, 5.41) is 55.7. The summed E-state index contributed by atoms with van der Waals surface area (Å²) in [4.78, 5) is 0. The smallest absolute Gasteiger partial charge is 0.169 e. The molecule has 6 rings (SSSR count). The molecule has 5 N–H and O–H groups in total. The Hall–Kier alpha value is -5.07. The lowest BCUT2D eigenvalue weighted by atomic mass is 9.89. The molecule has 1 aliphatic rings. The van der Waals surface area contributed by atoms with Gasteiger partial charge < -0.3 is 25.5 Å². The Kier molecular flexibility index (Phi) is 7.85. The zero-order valence-corrected chi connectivity index (χ0v) is 24.9. The highest BCUT2D eigenvalue weighted by molar-refractivity contribution is 5.71. The minimum atomic E-state index is -0.203. The van der Waals surface area contributed by atoms with Gasteiger partial charge in [0.05, 0.1) is 6.61 Å². The second kappa shape index (κ2) is 11.9. The average molecular weight is 587 g/mol. The van der Waals surface area contributed by atoms with E-state index in [1.165, 1.54) is 0 Å². The van der Waals surface area contributed by atoms with E-state index < -0.39 is 0 Å². The maximum absolute atomic E-state index is 11.6. The monoisotopic (exact) mass is 586 g/mol. The molecule has 6 nitrogen and oxygen atoms in total. The predicted octanol–water partition coefficient (Wildman–Crippen LogP) is 5.98. The van der Waals surface area contributed by atoms with Gasteiger partial charge in [0.1, 0.15) is 30.0 Å². The molecule has 5 aromatic rings.